The Morgan fingerprint density at radius 1 is 1.21 bits per heavy atom. The highest BCUT2D eigenvalue weighted by atomic mass is 79.9. The smallest absolute Gasteiger partial charge is 0.324 e. The second-order valence-corrected chi connectivity index (χ2v) is 6.15. The summed E-state index contributed by atoms with van der Waals surface area (Å²) >= 11 is 4.69. The van der Waals surface area contributed by atoms with Crippen molar-refractivity contribution in [1.82, 2.24) is 0 Å². The Kier molecular flexibility index (Phi) is 4.03. The summed E-state index contributed by atoms with van der Waals surface area (Å²) in [5.74, 6) is 0. The van der Waals surface area contributed by atoms with E-state index in [0.717, 1.165) is 21.9 Å². The molecule has 0 fully saturated rings. The molecule has 1 atom stereocenters. The second-order valence-electron chi connectivity index (χ2n) is 4.18. The van der Waals surface area contributed by atoms with E-state index in [1.807, 2.05) is 13.0 Å². The third-order valence-electron chi connectivity index (χ3n) is 2.63. The van der Waals surface area contributed by atoms with Gasteiger partial charge in [0.15, 0.2) is 0 Å². The van der Waals surface area contributed by atoms with Gasteiger partial charge in [0.25, 0.3) is 0 Å². The number of halogens is 4. The van der Waals surface area contributed by atoms with Crippen LogP contribution in [0.3, 0.4) is 0 Å². The highest BCUT2D eigenvalue weighted by Crippen LogP contribution is 2.39. The molecule has 0 aliphatic heterocycles. The summed E-state index contributed by atoms with van der Waals surface area (Å²) in [6.07, 6.45) is -4.34. The molecule has 1 aromatic carbocycles. The molecule has 1 nitrogen and oxygen atoms in total. The number of hydrogen-bond donors (Lipinski definition) is 1. The first-order chi connectivity index (χ1) is 8.79. The molecule has 1 unspecified atom stereocenters. The van der Waals surface area contributed by atoms with Crippen molar-refractivity contribution in [3.63, 3.8) is 0 Å². The number of hydrogen-bond acceptors (Lipinski definition) is 2. The third-order valence-corrected chi connectivity index (χ3v) is 4.65. The molecule has 102 valence electrons. The molecular weight excluding hydrogens is 339 g/mol. The molecule has 0 saturated carbocycles. The summed E-state index contributed by atoms with van der Waals surface area (Å²) in [6.45, 7) is 1.84. The number of thiophene rings is 1. The number of nitrogens with two attached hydrogens (primary N) is 1. The monoisotopic (exact) mass is 349 g/mol. The van der Waals surface area contributed by atoms with Gasteiger partial charge in [-0.3, -0.25) is 0 Å². The van der Waals surface area contributed by atoms with Crippen LogP contribution in [0.15, 0.2) is 34.8 Å². The number of alkyl halides is 3. The van der Waals surface area contributed by atoms with Gasteiger partial charge in [-0.2, -0.15) is 13.2 Å². The van der Waals surface area contributed by atoms with Gasteiger partial charge in [-0.1, -0.05) is 15.9 Å². The van der Waals surface area contributed by atoms with Crippen molar-refractivity contribution in [3.8, 4) is 10.4 Å². The van der Waals surface area contributed by atoms with Gasteiger partial charge in [0, 0.05) is 25.8 Å². The van der Waals surface area contributed by atoms with Crippen molar-refractivity contribution >= 4 is 27.3 Å². The topological polar surface area (TPSA) is 26.0 Å². The molecule has 0 aliphatic carbocycles. The van der Waals surface area contributed by atoms with E-state index in [-0.39, 0.29) is 6.04 Å². The molecule has 0 bridgehead atoms. The van der Waals surface area contributed by atoms with Crippen LogP contribution in [0.4, 0.5) is 13.2 Å². The van der Waals surface area contributed by atoms with Crippen LogP contribution in [-0.2, 0) is 6.18 Å². The summed E-state index contributed by atoms with van der Waals surface area (Å²) in [6, 6.07) is 7.15. The Morgan fingerprint density at radius 2 is 1.89 bits per heavy atom. The SMILES string of the molecule is CC(N)c1ccc(-c2cc(C(F)(F)F)ccc2Br)s1. The maximum atomic E-state index is 12.7. The van der Waals surface area contributed by atoms with Crippen LogP contribution in [0.25, 0.3) is 10.4 Å². The van der Waals surface area contributed by atoms with Crippen LogP contribution in [0.5, 0.6) is 0 Å². The average Bonchev–Trinajstić information content (AvgIpc) is 2.77. The standard InChI is InChI=1S/C13H11BrF3NS/c1-7(18)11-4-5-12(19-11)9-6-8(13(15,16)17)2-3-10(9)14/h2-7H,18H2,1H3. The third kappa shape index (κ3) is 3.19. The lowest BCUT2D eigenvalue weighted by atomic mass is 10.1. The Morgan fingerprint density at radius 3 is 2.42 bits per heavy atom. The zero-order valence-electron chi connectivity index (χ0n) is 9.96. The van der Waals surface area contributed by atoms with Crippen molar-refractivity contribution < 1.29 is 13.2 Å². The van der Waals surface area contributed by atoms with E-state index >= 15 is 0 Å². The fourth-order valence-corrected chi connectivity index (χ4v) is 3.22. The van der Waals surface area contributed by atoms with Crippen LogP contribution in [0.2, 0.25) is 0 Å². The van der Waals surface area contributed by atoms with E-state index in [4.69, 9.17) is 5.73 Å². The lowest BCUT2D eigenvalue weighted by Gasteiger charge is -2.09. The van der Waals surface area contributed by atoms with Gasteiger partial charge >= 0.3 is 6.18 Å². The maximum absolute atomic E-state index is 12.7. The first kappa shape index (κ1) is 14.6. The summed E-state index contributed by atoms with van der Waals surface area (Å²) < 4.78 is 38.8. The minimum Gasteiger partial charge on any atom is -0.324 e. The Hall–Kier alpha value is -0.850. The normalized spacial score (nSPS) is 13.6. The molecule has 0 amide bonds. The van der Waals surface area contributed by atoms with E-state index in [1.54, 1.807) is 6.07 Å². The predicted molar refractivity (Wildman–Crippen MR) is 75.1 cm³/mol. The summed E-state index contributed by atoms with van der Waals surface area (Å²) in [5.41, 5.74) is 5.64. The number of benzene rings is 1. The Bertz CT molecular complexity index is 590. The van der Waals surface area contributed by atoms with Crippen LogP contribution in [0.1, 0.15) is 23.4 Å². The second kappa shape index (κ2) is 5.26. The molecule has 0 aliphatic rings. The van der Waals surface area contributed by atoms with Crippen molar-refractivity contribution in [3.05, 3.63) is 45.2 Å². The van der Waals surface area contributed by atoms with Crippen LogP contribution >= 0.6 is 27.3 Å². The first-order valence-electron chi connectivity index (χ1n) is 5.51. The van der Waals surface area contributed by atoms with Crippen LogP contribution < -0.4 is 5.73 Å². The Labute approximate surface area is 121 Å². The van der Waals surface area contributed by atoms with Crippen molar-refractivity contribution in [1.29, 1.82) is 0 Å². The molecule has 0 radical (unpaired) electrons. The molecule has 0 spiro atoms. The van der Waals surface area contributed by atoms with E-state index < -0.39 is 11.7 Å². The van der Waals surface area contributed by atoms with Crippen LogP contribution in [-0.4, -0.2) is 0 Å². The molecule has 0 saturated heterocycles. The zero-order valence-corrected chi connectivity index (χ0v) is 12.4. The van der Waals surface area contributed by atoms with E-state index in [2.05, 4.69) is 15.9 Å². The summed E-state index contributed by atoms with van der Waals surface area (Å²) in [5, 5.41) is 0. The molecule has 2 rings (SSSR count). The zero-order chi connectivity index (χ0) is 14.2. The van der Waals surface area contributed by atoms with Gasteiger partial charge in [0.1, 0.15) is 0 Å². The molecule has 1 aromatic heterocycles. The molecule has 6 heteroatoms. The predicted octanol–water partition coefficient (Wildman–Crippen LogP) is 5.22. The molecule has 1 heterocycles. The first-order valence-corrected chi connectivity index (χ1v) is 7.12. The minimum absolute atomic E-state index is 0.122. The highest BCUT2D eigenvalue weighted by Gasteiger charge is 2.31. The molecular formula is C13H11BrF3NS. The minimum atomic E-state index is -4.34. The van der Waals surface area contributed by atoms with Crippen molar-refractivity contribution in [2.45, 2.75) is 19.1 Å². The fourth-order valence-electron chi connectivity index (χ4n) is 1.63. The molecule has 2 aromatic rings. The fraction of sp³-hybridized carbons (Fsp3) is 0.231. The van der Waals surface area contributed by atoms with Crippen LogP contribution in [0, 0.1) is 0 Å². The number of rotatable bonds is 2. The average molecular weight is 350 g/mol. The van der Waals surface area contributed by atoms with Gasteiger partial charge < -0.3 is 5.73 Å². The van der Waals surface area contributed by atoms with Crippen molar-refractivity contribution in [2.24, 2.45) is 5.73 Å². The Balaban J connectivity index is 2.48. The lowest BCUT2D eigenvalue weighted by molar-refractivity contribution is -0.137. The van der Waals surface area contributed by atoms with E-state index in [1.165, 1.54) is 17.4 Å². The quantitative estimate of drug-likeness (QED) is 0.790. The van der Waals surface area contributed by atoms with E-state index in [9.17, 15) is 13.2 Å². The molecule has 2 N–H and O–H groups in total. The largest absolute Gasteiger partial charge is 0.416 e. The van der Waals surface area contributed by atoms with Gasteiger partial charge in [-0.25, -0.2) is 0 Å². The van der Waals surface area contributed by atoms with Gasteiger partial charge in [0.2, 0.25) is 0 Å². The molecule has 19 heavy (non-hydrogen) atoms. The van der Waals surface area contributed by atoms with Gasteiger partial charge in [-0.15, -0.1) is 11.3 Å². The van der Waals surface area contributed by atoms with E-state index in [0.29, 0.717) is 10.0 Å². The summed E-state index contributed by atoms with van der Waals surface area (Å²) in [7, 11) is 0. The maximum Gasteiger partial charge on any atom is 0.416 e. The highest BCUT2D eigenvalue weighted by molar-refractivity contribution is 9.10. The summed E-state index contributed by atoms with van der Waals surface area (Å²) in [4.78, 5) is 1.71. The van der Waals surface area contributed by atoms with Gasteiger partial charge in [0.05, 0.1) is 5.56 Å². The van der Waals surface area contributed by atoms with Crippen molar-refractivity contribution in [2.75, 3.05) is 0 Å². The van der Waals surface area contributed by atoms with Gasteiger partial charge in [-0.05, 0) is 37.3 Å². The lowest BCUT2D eigenvalue weighted by Crippen LogP contribution is -2.04.